The first-order chi connectivity index (χ1) is 15.0. The second kappa shape index (κ2) is 7.14. The molecule has 4 bridgehead atoms. The Morgan fingerprint density at radius 3 is 2.34 bits per heavy atom. The molecule has 0 aromatic heterocycles. The molecular formula is C22H27ClFN3O4S. The van der Waals surface area contributed by atoms with E-state index in [0.717, 1.165) is 41.8 Å². The van der Waals surface area contributed by atoms with Crippen molar-refractivity contribution in [2.75, 3.05) is 7.05 Å². The Kier molecular flexibility index (Phi) is 4.93. The number of carbonyl (C=O) groups excluding carboxylic acids is 2. The molecule has 2 amide bonds. The van der Waals surface area contributed by atoms with E-state index >= 15 is 0 Å². The van der Waals surface area contributed by atoms with Crippen LogP contribution in [0.4, 0.5) is 4.39 Å². The van der Waals surface area contributed by atoms with Crippen LogP contribution in [0.2, 0.25) is 5.02 Å². The molecule has 0 spiro atoms. The summed E-state index contributed by atoms with van der Waals surface area (Å²) in [5, 5.41) is 2.88. The number of amides is 2. The van der Waals surface area contributed by atoms with Gasteiger partial charge in [0.25, 0.3) is 0 Å². The highest BCUT2D eigenvalue weighted by Crippen LogP contribution is 2.60. The van der Waals surface area contributed by atoms with Gasteiger partial charge in [0, 0.05) is 18.5 Å². The van der Waals surface area contributed by atoms with E-state index in [0.29, 0.717) is 31.6 Å². The Labute approximate surface area is 191 Å². The number of carbonyl (C=O) groups is 2. The van der Waals surface area contributed by atoms with Gasteiger partial charge in [-0.2, -0.15) is 4.31 Å². The van der Waals surface area contributed by atoms with Crippen molar-refractivity contribution in [3.05, 3.63) is 29.0 Å². The van der Waals surface area contributed by atoms with Crippen molar-refractivity contribution in [1.29, 1.82) is 0 Å². The van der Waals surface area contributed by atoms with Gasteiger partial charge in [0.1, 0.15) is 11.4 Å². The molecule has 2 atom stereocenters. The number of nitrogens with one attached hydrogen (secondary N) is 1. The van der Waals surface area contributed by atoms with E-state index in [1.54, 1.807) is 0 Å². The molecule has 5 aliphatic rings. The number of sulfonamides is 1. The van der Waals surface area contributed by atoms with Crippen LogP contribution in [-0.2, 0) is 19.6 Å². The Bertz CT molecular complexity index is 1090. The minimum absolute atomic E-state index is 0.0691. The first-order valence-electron chi connectivity index (χ1n) is 11.0. The van der Waals surface area contributed by atoms with Crippen molar-refractivity contribution in [2.45, 2.75) is 61.4 Å². The number of halogens is 2. The number of benzene rings is 1. The molecule has 7 nitrogen and oxygen atoms in total. The Hall–Kier alpha value is -1.71. The van der Waals surface area contributed by atoms with Gasteiger partial charge in [-0.3, -0.25) is 9.59 Å². The van der Waals surface area contributed by atoms with E-state index in [1.165, 1.54) is 7.05 Å². The highest BCUT2D eigenvalue weighted by molar-refractivity contribution is 7.89. The molecule has 5 fully saturated rings. The zero-order valence-electron chi connectivity index (χ0n) is 17.8. The van der Waals surface area contributed by atoms with Crippen molar-refractivity contribution < 1.29 is 22.4 Å². The lowest BCUT2D eigenvalue weighted by molar-refractivity contribution is -0.148. The molecule has 10 heteroatoms. The average molecular weight is 484 g/mol. The van der Waals surface area contributed by atoms with Crippen LogP contribution in [0.5, 0.6) is 0 Å². The Morgan fingerprint density at radius 2 is 1.81 bits per heavy atom. The van der Waals surface area contributed by atoms with Crippen molar-refractivity contribution in [2.24, 2.45) is 28.9 Å². The third-order valence-electron chi connectivity index (χ3n) is 8.39. The van der Waals surface area contributed by atoms with E-state index in [2.05, 4.69) is 5.32 Å². The van der Waals surface area contributed by atoms with E-state index < -0.39 is 26.8 Å². The monoisotopic (exact) mass is 483 g/mol. The molecule has 1 aromatic rings. The first-order valence-corrected chi connectivity index (χ1v) is 12.9. The summed E-state index contributed by atoms with van der Waals surface area (Å²) in [6, 6.07) is 3.16. The number of hydrogen-bond acceptors (Lipinski definition) is 4. The van der Waals surface area contributed by atoms with Gasteiger partial charge in [-0.15, -0.1) is 0 Å². The topological polar surface area (TPSA) is 110 Å². The maximum atomic E-state index is 13.5. The van der Waals surface area contributed by atoms with Crippen LogP contribution >= 0.6 is 11.6 Å². The Morgan fingerprint density at radius 1 is 1.19 bits per heavy atom. The molecule has 0 saturated heterocycles. The van der Waals surface area contributed by atoms with E-state index in [1.807, 2.05) is 0 Å². The zero-order chi connectivity index (χ0) is 23.1. The van der Waals surface area contributed by atoms with E-state index in [-0.39, 0.29) is 39.6 Å². The number of rotatable bonds is 6. The summed E-state index contributed by atoms with van der Waals surface area (Å²) in [6.07, 6.45) is 4.99. The van der Waals surface area contributed by atoms with Crippen LogP contribution in [0, 0.1) is 29.0 Å². The van der Waals surface area contributed by atoms with Crippen LogP contribution in [0.15, 0.2) is 23.1 Å². The Balaban J connectivity index is 1.35. The fraction of sp³-hybridized carbons (Fsp3) is 0.636. The number of nitrogens with two attached hydrogens (primary N) is 1. The first kappa shape index (κ1) is 22.1. The quantitative estimate of drug-likeness (QED) is 0.647. The maximum Gasteiger partial charge on any atom is 0.243 e. The molecule has 6 rings (SSSR count). The average Bonchev–Trinajstić information content (AvgIpc) is 3.53. The van der Waals surface area contributed by atoms with E-state index in [4.69, 9.17) is 17.3 Å². The number of nitrogens with zero attached hydrogens (tertiary/aromatic N) is 1. The second-order valence-electron chi connectivity index (χ2n) is 10.2. The van der Waals surface area contributed by atoms with Gasteiger partial charge in [-0.25, -0.2) is 12.8 Å². The molecule has 0 radical (unpaired) electrons. The lowest BCUT2D eigenvalue weighted by atomic mass is 9.47. The fourth-order valence-corrected chi connectivity index (χ4v) is 8.47. The maximum absolute atomic E-state index is 13.5. The van der Waals surface area contributed by atoms with Crippen LogP contribution in [-0.4, -0.2) is 43.2 Å². The summed E-state index contributed by atoms with van der Waals surface area (Å²) in [6.45, 7) is 0. The second-order valence-corrected chi connectivity index (χ2v) is 12.6. The standard InChI is InChI=1S/C22H27ClFN3O4S/c1-27(32(30,31)15-2-3-17(24)16(23)8-15)22(4-5-22)20(29)26-18-13-6-12-7-14(18)11-21(9-12,10-13)19(25)28/h2-3,8,12-14,18H,4-7,9-11H2,1H3,(H2,25,28)(H,26,29). The minimum atomic E-state index is -4.04. The summed E-state index contributed by atoms with van der Waals surface area (Å²) in [5.41, 5.74) is 4.14. The molecule has 5 aliphatic carbocycles. The van der Waals surface area contributed by atoms with Gasteiger partial charge in [0.2, 0.25) is 21.8 Å². The van der Waals surface area contributed by atoms with Crippen molar-refractivity contribution in [3.63, 3.8) is 0 Å². The van der Waals surface area contributed by atoms with Crippen LogP contribution in [0.1, 0.15) is 44.9 Å². The highest BCUT2D eigenvalue weighted by atomic mass is 35.5. The van der Waals surface area contributed by atoms with Gasteiger partial charge in [-0.05, 0) is 80.9 Å². The smallest absolute Gasteiger partial charge is 0.243 e. The summed E-state index contributed by atoms with van der Waals surface area (Å²) in [7, 11) is -2.65. The summed E-state index contributed by atoms with van der Waals surface area (Å²) >= 11 is 5.78. The number of primary amides is 1. The van der Waals surface area contributed by atoms with Gasteiger partial charge in [-0.1, -0.05) is 11.6 Å². The van der Waals surface area contributed by atoms with Gasteiger partial charge >= 0.3 is 0 Å². The third kappa shape index (κ3) is 3.19. The van der Waals surface area contributed by atoms with Gasteiger partial charge in [0.15, 0.2) is 0 Å². The lowest BCUT2D eigenvalue weighted by Crippen LogP contribution is -2.64. The minimum Gasteiger partial charge on any atom is -0.369 e. The molecule has 1 aromatic carbocycles. The SMILES string of the molecule is CN(C1(C(=O)NC2C3CC4CC2CC(C(N)=O)(C4)C3)CC1)S(=O)(=O)c1ccc(F)c(Cl)c1. The zero-order valence-corrected chi connectivity index (χ0v) is 19.4. The van der Waals surface area contributed by atoms with Crippen molar-refractivity contribution in [1.82, 2.24) is 9.62 Å². The molecule has 2 unspecified atom stereocenters. The van der Waals surface area contributed by atoms with Crippen LogP contribution < -0.4 is 11.1 Å². The fourth-order valence-electron chi connectivity index (χ4n) is 6.68. The summed E-state index contributed by atoms with van der Waals surface area (Å²) in [5.74, 6) is -0.402. The third-order valence-corrected chi connectivity index (χ3v) is 10.6. The number of likely N-dealkylation sites (N-methyl/N-ethyl adjacent to an activating group) is 1. The van der Waals surface area contributed by atoms with Gasteiger partial charge < -0.3 is 11.1 Å². The molecular weight excluding hydrogens is 457 g/mol. The lowest BCUT2D eigenvalue weighted by Gasteiger charge is -2.59. The number of hydrogen-bond donors (Lipinski definition) is 2. The molecule has 32 heavy (non-hydrogen) atoms. The van der Waals surface area contributed by atoms with E-state index in [9.17, 15) is 22.4 Å². The summed E-state index contributed by atoms with van der Waals surface area (Å²) in [4.78, 5) is 25.4. The normalized spacial score (nSPS) is 34.5. The van der Waals surface area contributed by atoms with Crippen LogP contribution in [0.3, 0.4) is 0 Å². The molecule has 5 saturated carbocycles. The highest BCUT2D eigenvalue weighted by Gasteiger charge is 2.61. The predicted molar refractivity (Wildman–Crippen MR) is 115 cm³/mol. The van der Waals surface area contributed by atoms with Crippen LogP contribution in [0.25, 0.3) is 0 Å². The molecule has 3 N–H and O–H groups in total. The molecule has 0 aliphatic heterocycles. The largest absolute Gasteiger partial charge is 0.369 e. The predicted octanol–water partition coefficient (Wildman–Crippen LogP) is 2.43. The summed E-state index contributed by atoms with van der Waals surface area (Å²) < 4.78 is 40.9. The molecule has 0 heterocycles. The van der Waals surface area contributed by atoms with Crippen molar-refractivity contribution >= 4 is 33.4 Å². The van der Waals surface area contributed by atoms with Gasteiger partial charge in [0.05, 0.1) is 9.92 Å². The molecule has 174 valence electrons. The van der Waals surface area contributed by atoms with Crippen molar-refractivity contribution in [3.8, 4) is 0 Å².